The molecule has 0 saturated heterocycles. The zero-order valence-corrected chi connectivity index (χ0v) is 26.7. The van der Waals surface area contributed by atoms with Crippen LogP contribution in [0.2, 0.25) is 0 Å². The van der Waals surface area contributed by atoms with Crippen molar-refractivity contribution in [3.05, 3.63) is 111 Å². The first-order valence-electron chi connectivity index (χ1n) is 15.1. The summed E-state index contributed by atoms with van der Waals surface area (Å²) in [6.45, 7) is 14.9. The molecule has 0 fully saturated rings. The molecule has 1 amide bonds. The standard InChI is InChI=1S/C37H44N4O2/c1-9-26(10-2)15-16-28-22-30(21-14-24(28)3)38-34-36(43)41(8)23-33(39-34)31-12-11-13-32(25(31)4)40-35(42)27-17-19-29(20-18-27)37(5,6)7/h11-23,26H,9-10H2,1-8H3,(H,38,39)(H,40,42)/b16-15-. The largest absolute Gasteiger partial charge is 0.336 e. The molecule has 224 valence electrons. The zero-order chi connectivity index (χ0) is 31.3. The molecule has 0 aliphatic heterocycles. The van der Waals surface area contributed by atoms with Crippen molar-refractivity contribution in [1.29, 1.82) is 0 Å². The number of carbonyl (C=O) groups is 1. The number of hydrogen-bond acceptors (Lipinski definition) is 4. The van der Waals surface area contributed by atoms with Gasteiger partial charge in [0.25, 0.3) is 11.5 Å². The Morgan fingerprint density at radius 1 is 1.00 bits per heavy atom. The highest BCUT2D eigenvalue weighted by atomic mass is 16.1. The van der Waals surface area contributed by atoms with Crippen LogP contribution in [0, 0.1) is 19.8 Å². The van der Waals surface area contributed by atoms with Crippen LogP contribution in [0.1, 0.15) is 80.1 Å². The van der Waals surface area contributed by atoms with Gasteiger partial charge in [0.15, 0.2) is 5.82 Å². The quantitative estimate of drug-likeness (QED) is 0.209. The van der Waals surface area contributed by atoms with E-state index in [1.807, 2.05) is 55.5 Å². The van der Waals surface area contributed by atoms with Crippen molar-refractivity contribution in [1.82, 2.24) is 9.55 Å². The summed E-state index contributed by atoms with van der Waals surface area (Å²) >= 11 is 0. The van der Waals surface area contributed by atoms with Gasteiger partial charge in [0.1, 0.15) is 0 Å². The molecule has 6 heteroatoms. The number of benzene rings is 3. The highest BCUT2D eigenvalue weighted by Crippen LogP contribution is 2.29. The maximum Gasteiger partial charge on any atom is 0.293 e. The van der Waals surface area contributed by atoms with Gasteiger partial charge in [-0.05, 0) is 90.6 Å². The molecular weight excluding hydrogens is 532 g/mol. The van der Waals surface area contributed by atoms with E-state index in [0.717, 1.165) is 35.2 Å². The Bertz CT molecular complexity index is 1690. The monoisotopic (exact) mass is 576 g/mol. The predicted molar refractivity (Wildman–Crippen MR) is 180 cm³/mol. The SMILES string of the molecule is CCC(/C=C\c1cc(Nc2nc(-c3cccc(NC(=O)c4ccc(C(C)(C)C)cc4)c3C)cn(C)c2=O)ccc1C)CC. The number of amides is 1. The van der Waals surface area contributed by atoms with Crippen LogP contribution >= 0.6 is 0 Å². The van der Waals surface area contributed by atoms with E-state index in [-0.39, 0.29) is 22.7 Å². The second kappa shape index (κ2) is 13.2. The van der Waals surface area contributed by atoms with Crippen LogP contribution in [0.25, 0.3) is 17.3 Å². The molecule has 0 aliphatic rings. The summed E-state index contributed by atoms with van der Waals surface area (Å²) in [7, 11) is 1.72. The third-order valence-corrected chi connectivity index (χ3v) is 8.08. The Hall–Kier alpha value is -4.45. The van der Waals surface area contributed by atoms with Gasteiger partial charge < -0.3 is 15.2 Å². The molecule has 6 nitrogen and oxygen atoms in total. The Morgan fingerprint density at radius 3 is 2.35 bits per heavy atom. The molecular formula is C37H44N4O2. The number of nitrogens with one attached hydrogen (secondary N) is 2. The first-order valence-corrected chi connectivity index (χ1v) is 15.1. The third-order valence-electron chi connectivity index (χ3n) is 8.08. The second-order valence-electron chi connectivity index (χ2n) is 12.3. The molecule has 0 unspecified atom stereocenters. The van der Waals surface area contributed by atoms with Crippen LogP contribution in [-0.2, 0) is 12.5 Å². The van der Waals surface area contributed by atoms with Gasteiger partial charge in [0, 0.05) is 35.7 Å². The van der Waals surface area contributed by atoms with Crippen molar-refractivity contribution in [3.8, 4) is 11.3 Å². The van der Waals surface area contributed by atoms with E-state index in [9.17, 15) is 9.59 Å². The highest BCUT2D eigenvalue weighted by Gasteiger charge is 2.17. The van der Waals surface area contributed by atoms with Crippen molar-refractivity contribution < 1.29 is 4.79 Å². The van der Waals surface area contributed by atoms with Crippen molar-refractivity contribution >= 4 is 29.2 Å². The lowest BCUT2D eigenvalue weighted by Gasteiger charge is -2.19. The minimum absolute atomic E-state index is 0.0160. The first kappa shape index (κ1) is 31.5. The molecule has 0 bridgehead atoms. The normalized spacial score (nSPS) is 11.7. The minimum atomic E-state index is -0.223. The van der Waals surface area contributed by atoms with Gasteiger partial charge in [-0.3, -0.25) is 9.59 Å². The molecule has 0 aliphatic carbocycles. The molecule has 0 atom stereocenters. The van der Waals surface area contributed by atoms with Crippen molar-refractivity contribution in [2.75, 3.05) is 10.6 Å². The molecule has 2 N–H and O–H groups in total. The number of carbonyl (C=O) groups excluding carboxylic acids is 1. The number of hydrogen-bond donors (Lipinski definition) is 2. The Morgan fingerprint density at radius 2 is 1.70 bits per heavy atom. The van der Waals surface area contributed by atoms with Crippen LogP contribution in [-0.4, -0.2) is 15.5 Å². The average Bonchev–Trinajstić information content (AvgIpc) is 2.98. The Kier molecular flexibility index (Phi) is 9.70. The summed E-state index contributed by atoms with van der Waals surface area (Å²) in [6.07, 6.45) is 8.37. The summed E-state index contributed by atoms with van der Waals surface area (Å²) < 4.78 is 1.54. The van der Waals surface area contributed by atoms with Crippen LogP contribution in [0.5, 0.6) is 0 Å². The molecule has 1 heterocycles. The summed E-state index contributed by atoms with van der Waals surface area (Å²) in [5, 5.41) is 6.32. The lowest BCUT2D eigenvalue weighted by Crippen LogP contribution is -2.21. The second-order valence-corrected chi connectivity index (χ2v) is 12.3. The summed E-state index contributed by atoms with van der Waals surface area (Å²) in [5.74, 6) is 0.607. The molecule has 4 aromatic rings. The number of aryl methyl sites for hydroxylation is 2. The molecule has 1 aromatic heterocycles. The van der Waals surface area contributed by atoms with Crippen LogP contribution in [0.3, 0.4) is 0 Å². The zero-order valence-electron chi connectivity index (χ0n) is 26.7. The smallest absolute Gasteiger partial charge is 0.293 e. The molecule has 4 rings (SSSR count). The third kappa shape index (κ3) is 7.50. The highest BCUT2D eigenvalue weighted by molar-refractivity contribution is 6.05. The van der Waals surface area contributed by atoms with Gasteiger partial charge in [-0.15, -0.1) is 0 Å². The lowest BCUT2D eigenvalue weighted by molar-refractivity contribution is 0.102. The van der Waals surface area contributed by atoms with Gasteiger partial charge in [0.2, 0.25) is 0 Å². The fourth-order valence-corrected chi connectivity index (χ4v) is 5.02. The van der Waals surface area contributed by atoms with Crippen LogP contribution < -0.4 is 16.2 Å². The molecule has 43 heavy (non-hydrogen) atoms. The van der Waals surface area contributed by atoms with Crippen molar-refractivity contribution in [3.63, 3.8) is 0 Å². The van der Waals surface area contributed by atoms with E-state index < -0.39 is 0 Å². The van der Waals surface area contributed by atoms with Crippen molar-refractivity contribution in [2.45, 2.75) is 66.7 Å². The minimum Gasteiger partial charge on any atom is -0.336 e. The molecule has 0 saturated carbocycles. The first-order chi connectivity index (χ1) is 20.4. The fourth-order valence-electron chi connectivity index (χ4n) is 5.02. The number of anilines is 3. The maximum absolute atomic E-state index is 13.1. The molecule has 3 aromatic carbocycles. The van der Waals surface area contributed by atoms with Crippen molar-refractivity contribution in [2.24, 2.45) is 13.0 Å². The summed E-state index contributed by atoms with van der Waals surface area (Å²) in [6, 6.07) is 19.5. The van der Waals surface area contributed by atoms with E-state index in [1.165, 1.54) is 15.7 Å². The van der Waals surface area contributed by atoms with Gasteiger partial charge in [-0.2, -0.15) is 0 Å². The maximum atomic E-state index is 13.1. The molecule has 0 spiro atoms. The van der Waals surface area contributed by atoms with Gasteiger partial charge >= 0.3 is 0 Å². The lowest BCUT2D eigenvalue weighted by atomic mass is 9.86. The van der Waals surface area contributed by atoms with E-state index >= 15 is 0 Å². The van der Waals surface area contributed by atoms with Crippen LogP contribution in [0.4, 0.5) is 17.2 Å². The molecule has 0 radical (unpaired) electrons. The van der Waals surface area contributed by atoms with Gasteiger partial charge in [-0.25, -0.2) is 4.98 Å². The van der Waals surface area contributed by atoms with Crippen LogP contribution in [0.15, 0.2) is 77.7 Å². The average molecular weight is 577 g/mol. The van der Waals surface area contributed by atoms with E-state index in [0.29, 0.717) is 22.9 Å². The Labute approximate surface area is 255 Å². The summed E-state index contributed by atoms with van der Waals surface area (Å²) in [5.41, 5.74) is 7.66. The summed E-state index contributed by atoms with van der Waals surface area (Å²) in [4.78, 5) is 31.0. The topological polar surface area (TPSA) is 76.0 Å². The van der Waals surface area contributed by atoms with Gasteiger partial charge in [0.05, 0.1) is 5.69 Å². The predicted octanol–water partition coefficient (Wildman–Crippen LogP) is 8.81. The Balaban J connectivity index is 1.61. The van der Waals surface area contributed by atoms with E-state index in [4.69, 9.17) is 4.98 Å². The fraction of sp³-hybridized carbons (Fsp3) is 0.324. The number of allylic oxidation sites excluding steroid dienone is 1. The van der Waals surface area contributed by atoms with Gasteiger partial charge in [-0.1, -0.05) is 77.1 Å². The number of aromatic nitrogens is 2. The number of nitrogens with zero attached hydrogens (tertiary/aromatic N) is 2. The number of rotatable bonds is 9. The van der Waals surface area contributed by atoms with E-state index in [2.05, 4.69) is 76.5 Å². The van der Waals surface area contributed by atoms with E-state index in [1.54, 1.807) is 13.2 Å².